The summed E-state index contributed by atoms with van der Waals surface area (Å²) in [4.78, 5) is 0. The fourth-order valence-electron chi connectivity index (χ4n) is 3.54. The smallest absolute Gasteiger partial charge is 0.135 e. The quantitative estimate of drug-likeness (QED) is 0.352. The predicted octanol–water partition coefficient (Wildman–Crippen LogP) is 7.21. The summed E-state index contributed by atoms with van der Waals surface area (Å²) in [6, 6.07) is 31.4. The Labute approximate surface area is 167 Å². The van der Waals surface area contributed by atoms with Crippen molar-refractivity contribution in [3.63, 3.8) is 0 Å². The molecule has 0 radical (unpaired) electrons. The molecule has 0 atom stereocenters. The number of hydrogen-bond donors (Lipinski definition) is 0. The molecule has 28 heavy (non-hydrogen) atoms. The highest BCUT2D eigenvalue weighted by Gasteiger charge is 2.16. The lowest BCUT2D eigenvalue weighted by Gasteiger charge is -2.02. The molecule has 138 valence electrons. The third-order valence-corrected chi connectivity index (χ3v) is 5.05. The number of aryl methyl sites for hydroxylation is 2. The van der Waals surface area contributed by atoms with Gasteiger partial charge in [-0.1, -0.05) is 97.1 Å². The summed E-state index contributed by atoms with van der Waals surface area (Å²) in [6.07, 6.45) is 6.09. The third kappa shape index (κ3) is 4.15. The van der Waals surface area contributed by atoms with Gasteiger partial charge in [0.1, 0.15) is 11.5 Å². The minimum atomic E-state index is 0.898. The minimum Gasteiger partial charge on any atom is -0.461 e. The Morgan fingerprint density at radius 2 is 1.29 bits per heavy atom. The topological polar surface area (TPSA) is 13.1 Å². The van der Waals surface area contributed by atoms with Gasteiger partial charge < -0.3 is 4.42 Å². The summed E-state index contributed by atoms with van der Waals surface area (Å²) < 4.78 is 6.36. The summed E-state index contributed by atoms with van der Waals surface area (Å²) in [5.74, 6) is 1.99. The van der Waals surface area contributed by atoms with Gasteiger partial charge in [0.05, 0.1) is 0 Å². The molecule has 0 unspecified atom stereocenters. The molecular weight excluding hydrogens is 340 g/mol. The van der Waals surface area contributed by atoms with Crippen LogP contribution in [0.2, 0.25) is 0 Å². The van der Waals surface area contributed by atoms with Crippen molar-refractivity contribution in [2.45, 2.75) is 19.8 Å². The average molecular weight is 364 g/mol. The van der Waals surface area contributed by atoms with Crippen LogP contribution in [0.5, 0.6) is 0 Å². The van der Waals surface area contributed by atoms with Crippen molar-refractivity contribution in [1.29, 1.82) is 0 Å². The Balaban J connectivity index is 1.68. The van der Waals surface area contributed by atoms with Gasteiger partial charge in [-0.05, 0) is 41.7 Å². The molecular formula is C27H24O. The average Bonchev–Trinajstić information content (AvgIpc) is 3.08. The van der Waals surface area contributed by atoms with E-state index in [1.54, 1.807) is 0 Å². The fraction of sp³-hybridized carbons (Fsp3) is 0.111. The first-order chi connectivity index (χ1) is 13.8. The van der Waals surface area contributed by atoms with Gasteiger partial charge in [0.15, 0.2) is 0 Å². The van der Waals surface area contributed by atoms with Gasteiger partial charge in [0, 0.05) is 12.0 Å². The SMILES string of the molecule is Cc1c(CCc2ccccc2)oc(/C=C/c2ccccc2)c1-c1ccccc1. The number of rotatable bonds is 6. The first kappa shape index (κ1) is 18.1. The molecule has 0 saturated carbocycles. The standard InChI is InChI=1S/C27H24O/c1-21-25(19-17-22-11-5-2-6-12-22)28-26(20-18-23-13-7-3-8-14-23)27(21)24-15-9-4-10-16-24/h2-16,18,20H,17,19H2,1H3/b20-18+. The summed E-state index contributed by atoms with van der Waals surface area (Å²) in [7, 11) is 0. The van der Waals surface area contributed by atoms with Crippen LogP contribution in [0.4, 0.5) is 0 Å². The number of benzene rings is 3. The Bertz CT molecular complexity index is 1040. The molecule has 0 fully saturated rings. The van der Waals surface area contributed by atoms with Crippen molar-refractivity contribution in [3.8, 4) is 11.1 Å². The molecule has 4 aromatic rings. The second-order valence-corrected chi connectivity index (χ2v) is 6.99. The van der Waals surface area contributed by atoms with Gasteiger partial charge in [-0.15, -0.1) is 0 Å². The normalized spacial score (nSPS) is 11.2. The van der Waals surface area contributed by atoms with E-state index in [4.69, 9.17) is 4.42 Å². The molecule has 0 bridgehead atoms. The number of furan rings is 1. The second-order valence-electron chi connectivity index (χ2n) is 6.99. The molecule has 1 heteroatoms. The minimum absolute atomic E-state index is 0.898. The monoisotopic (exact) mass is 364 g/mol. The predicted molar refractivity (Wildman–Crippen MR) is 118 cm³/mol. The van der Waals surface area contributed by atoms with E-state index in [0.29, 0.717) is 0 Å². The van der Waals surface area contributed by atoms with Crippen LogP contribution in [0, 0.1) is 6.92 Å². The van der Waals surface area contributed by atoms with Crippen LogP contribution in [0.3, 0.4) is 0 Å². The zero-order valence-electron chi connectivity index (χ0n) is 16.1. The molecule has 0 saturated heterocycles. The van der Waals surface area contributed by atoms with Gasteiger partial charge in [0.25, 0.3) is 0 Å². The van der Waals surface area contributed by atoms with E-state index in [-0.39, 0.29) is 0 Å². The molecule has 0 aliphatic rings. The first-order valence-electron chi connectivity index (χ1n) is 9.76. The molecule has 0 N–H and O–H groups in total. The summed E-state index contributed by atoms with van der Waals surface area (Å²) >= 11 is 0. The van der Waals surface area contributed by atoms with E-state index in [0.717, 1.165) is 24.4 Å². The summed E-state index contributed by atoms with van der Waals surface area (Å²) in [6.45, 7) is 2.17. The molecule has 1 aromatic heterocycles. The highest BCUT2D eigenvalue weighted by Crippen LogP contribution is 2.34. The van der Waals surface area contributed by atoms with E-state index >= 15 is 0 Å². The molecule has 0 amide bonds. The Morgan fingerprint density at radius 1 is 0.679 bits per heavy atom. The second kappa shape index (κ2) is 8.58. The maximum Gasteiger partial charge on any atom is 0.135 e. The molecule has 0 aliphatic heterocycles. The van der Waals surface area contributed by atoms with Crippen LogP contribution in [0.25, 0.3) is 23.3 Å². The third-order valence-electron chi connectivity index (χ3n) is 5.05. The van der Waals surface area contributed by atoms with E-state index < -0.39 is 0 Å². The van der Waals surface area contributed by atoms with Crippen molar-refractivity contribution < 1.29 is 4.42 Å². The lowest BCUT2D eigenvalue weighted by atomic mass is 9.99. The molecule has 0 aliphatic carbocycles. The van der Waals surface area contributed by atoms with Crippen LogP contribution in [0.15, 0.2) is 95.4 Å². The molecule has 4 rings (SSSR count). The van der Waals surface area contributed by atoms with Crippen LogP contribution < -0.4 is 0 Å². The molecule has 1 nitrogen and oxygen atoms in total. The maximum absolute atomic E-state index is 6.36. The van der Waals surface area contributed by atoms with Crippen LogP contribution in [-0.2, 0) is 12.8 Å². The van der Waals surface area contributed by atoms with Crippen molar-refractivity contribution in [2.24, 2.45) is 0 Å². The van der Waals surface area contributed by atoms with Gasteiger partial charge in [-0.3, -0.25) is 0 Å². The Kier molecular flexibility index (Phi) is 5.53. The molecule has 3 aromatic carbocycles. The van der Waals surface area contributed by atoms with Crippen molar-refractivity contribution in [1.82, 2.24) is 0 Å². The van der Waals surface area contributed by atoms with E-state index in [1.807, 2.05) is 6.07 Å². The maximum atomic E-state index is 6.36. The largest absolute Gasteiger partial charge is 0.461 e. The lowest BCUT2D eigenvalue weighted by molar-refractivity contribution is 0.498. The van der Waals surface area contributed by atoms with Crippen molar-refractivity contribution in [2.75, 3.05) is 0 Å². The Morgan fingerprint density at radius 3 is 1.96 bits per heavy atom. The fourth-order valence-corrected chi connectivity index (χ4v) is 3.54. The van der Waals surface area contributed by atoms with Crippen LogP contribution in [0.1, 0.15) is 28.2 Å². The van der Waals surface area contributed by atoms with E-state index in [2.05, 4.69) is 104 Å². The summed E-state index contributed by atoms with van der Waals surface area (Å²) in [5, 5.41) is 0. The molecule has 0 spiro atoms. The highest BCUT2D eigenvalue weighted by molar-refractivity contribution is 5.81. The van der Waals surface area contributed by atoms with Crippen molar-refractivity contribution >= 4 is 12.2 Å². The lowest BCUT2D eigenvalue weighted by Crippen LogP contribution is -1.91. The van der Waals surface area contributed by atoms with E-state index in [1.165, 1.54) is 27.8 Å². The number of hydrogen-bond acceptors (Lipinski definition) is 1. The van der Waals surface area contributed by atoms with Gasteiger partial charge in [-0.2, -0.15) is 0 Å². The van der Waals surface area contributed by atoms with Crippen LogP contribution >= 0.6 is 0 Å². The van der Waals surface area contributed by atoms with E-state index in [9.17, 15) is 0 Å². The zero-order chi connectivity index (χ0) is 19.2. The molecule has 1 heterocycles. The Hall–Kier alpha value is -3.32. The van der Waals surface area contributed by atoms with Crippen molar-refractivity contribution in [3.05, 3.63) is 119 Å². The van der Waals surface area contributed by atoms with Crippen LogP contribution in [-0.4, -0.2) is 0 Å². The zero-order valence-corrected chi connectivity index (χ0v) is 16.1. The summed E-state index contributed by atoms with van der Waals surface area (Å²) in [5.41, 5.74) is 6.12. The first-order valence-corrected chi connectivity index (χ1v) is 9.76. The van der Waals surface area contributed by atoms with Gasteiger partial charge >= 0.3 is 0 Å². The highest BCUT2D eigenvalue weighted by atomic mass is 16.3. The van der Waals surface area contributed by atoms with Gasteiger partial charge in [0.2, 0.25) is 0 Å². The van der Waals surface area contributed by atoms with Gasteiger partial charge in [-0.25, -0.2) is 0 Å².